The van der Waals surface area contributed by atoms with Gasteiger partial charge in [0.2, 0.25) is 0 Å². The van der Waals surface area contributed by atoms with Crippen LogP contribution in [-0.4, -0.2) is 9.78 Å². The number of hydrogen-bond donors (Lipinski definition) is 1. The van der Waals surface area contributed by atoms with E-state index in [-0.39, 0.29) is 23.5 Å². The van der Waals surface area contributed by atoms with Crippen LogP contribution in [0.1, 0.15) is 5.56 Å². The van der Waals surface area contributed by atoms with Crippen molar-refractivity contribution in [2.45, 2.75) is 6.54 Å². The highest BCUT2D eigenvalue weighted by Crippen LogP contribution is 2.16. The second-order valence-corrected chi connectivity index (χ2v) is 4.34. The third kappa shape index (κ3) is 2.71. The van der Waals surface area contributed by atoms with Crippen LogP contribution in [0.25, 0.3) is 0 Å². The van der Waals surface area contributed by atoms with Crippen molar-refractivity contribution in [3.05, 3.63) is 66.9 Å². The highest BCUT2D eigenvalue weighted by Gasteiger charge is 2.02. The molecule has 17 heavy (non-hydrogen) atoms. The quantitative estimate of drug-likeness (QED) is 0.913. The van der Waals surface area contributed by atoms with Gasteiger partial charge in [-0.15, -0.1) is 0 Å². The summed E-state index contributed by atoms with van der Waals surface area (Å²) in [5.41, 5.74) is 0.0399. The molecular formula is C11H8BrFN2O2. The van der Waals surface area contributed by atoms with Crippen LogP contribution in [0.2, 0.25) is 0 Å². The van der Waals surface area contributed by atoms with Crippen molar-refractivity contribution >= 4 is 15.9 Å². The molecule has 1 heterocycles. The lowest BCUT2D eigenvalue weighted by molar-refractivity contribution is 0.610. The summed E-state index contributed by atoms with van der Waals surface area (Å²) in [4.78, 5) is 22.5. The minimum absolute atomic E-state index is 0.188. The monoisotopic (exact) mass is 298 g/mol. The Hall–Kier alpha value is -1.69. The van der Waals surface area contributed by atoms with Crippen molar-refractivity contribution < 1.29 is 4.39 Å². The molecule has 0 saturated heterocycles. The number of aromatic nitrogens is 2. The van der Waals surface area contributed by atoms with Gasteiger partial charge in [0.15, 0.2) is 0 Å². The standard InChI is InChI=1S/C11H8BrFN2O2/c12-8-5-7(1-2-9(8)13)6-15-11(17)4-3-10(16)14-15/h1-5H,6H2,(H,14,16). The van der Waals surface area contributed by atoms with Crippen molar-refractivity contribution in [2.24, 2.45) is 0 Å². The number of benzene rings is 1. The first kappa shape index (κ1) is 11.8. The number of nitrogens with one attached hydrogen (secondary N) is 1. The first-order valence-electron chi connectivity index (χ1n) is 4.80. The van der Waals surface area contributed by atoms with E-state index in [0.717, 1.165) is 0 Å². The minimum atomic E-state index is -0.373. The average Bonchev–Trinajstić information content (AvgIpc) is 2.29. The second-order valence-electron chi connectivity index (χ2n) is 3.48. The van der Waals surface area contributed by atoms with Gasteiger partial charge in [-0.1, -0.05) is 6.07 Å². The zero-order valence-electron chi connectivity index (χ0n) is 8.61. The lowest BCUT2D eigenvalue weighted by Gasteiger charge is -2.05. The van der Waals surface area contributed by atoms with Gasteiger partial charge in [0.1, 0.15) is 5.82 Å². The van der Waals surface area contributed by atoms with Gasteiger partial charge in [-0.2, -0.15) is 0 Å². The van der Waals surface area contributed by atoms with E-state index in [9.17, 15) is 14.0 Å². The zero-order chi connectivity index (χ0) is 12.4. The fourth-order valence-electron chi connectivity index (χ4n) is 1.40. The molecule has 0 unspecified atom stereocenters. The predicted octanol–water partition coefficient (Wildman–Crippen LogP) is 1.49. The molecule has 4 nitrogen and oxygen atoms in total. The smallest absolute Gasteiger partial charge is 0.265 e. The third-order valence-corrected chi connectivity index (χ3v) is 2.82. The summed E-state index contributed by atoms with van der Waals surface area (Å²) in [5.74, 6) is -0.373. The molecule has 0 saturated carbocycles. The fraction of sp³-hybridized carbons (Fsp3) is 0.0909. The SMILES string of the molecule is O=c1ccc(=O)n(Cc2ccc(F)c(Br)c2)[nH]1. The van der Waals surface area contributed by atoms with Gasteiger partial charge in [-0.25, -0.2) is 9.07 Å². The molecule has 0 aliphatic heterocycles. The zero-order valence-corrected chi connectivity index (χ0v) is 10.2. The van der Waals surface area contributed by atoms with E-state index >= 15 is 0 Å². The second kappa shape index (κ2) is 4.67. The molecule has 0 fully saturated rings. The predicted molar refractivity (Wildman–Crippen MR) is 64.5 cm³/mol. The minimum Gasteiger partial charge on any atom is -0.268 e. The van der Waals surface area contributed by atoms with Crippen LogP contribution in [0.3, 0.4) is 0 Å². The highest BCUT2D eigenvalue weighted by atomic mass is 79.9. The van der Waals surface area contributed by atoms with Gasteiger partial charge in [0, 0.05) is 12.1 Å². The average molecular weight is 299 g/mol. The van der Waals surface area contributed by atoms with E-state index in [2.05, 4.69) is 21.0 Å². The van der Waals surface area contributed by atoms with E-state index in [1.54, 1.807) is 12.1 Å². The van der Waals surface area contributed by atoms with E-state index in [1.165, 1.54) is 22.9 Å². The number of H-pyrrole nitrogens is 1. The van der Waals surface area contributed by atoms with Gasteiger partial charge in [0.25, 0.3) is 11.1 Å². The molecule has 0 radical (unpaired) electrons. The van der Waals surface area contributed by atoms with Gasteiger partial charge in [-0.3, -0.25) is 14.7 Å². The Morgan fingerprint density at radius 3 is 2.71 bits per heavy atom. The third-order valence-electron chi connectivity index (χ3n) is 2.21. The molecule has 1 N–H and O–H groups in total. The summed E-state index contributed by atoms with van der Waals surface area (Å²) in [7, 11) is 0. The molecule has 1 aromatic heterocycles. The van der Waals surface area contributed by atoms with Crippen LogP contribution in [-0.2, 0) is 6.54 Å². The van der Waals surface area contributed by atoms with Crippen LogP contribution >= 0.6 is 15.9 Å². The molecule has 6 heteroatoms. The van der Waals surface area contributed by atoms with Crippen LogP contribution in [0.5, 0.6) is 0 Å². The summed E-state index contributed by atoms with van der Waals surface area (Å²) in [6.07, 6.45) is 0. The van der Waals surface area contributed by atoms with Crippen LogP contribution in [0, 0.1) is 5.82 Å². The fourth-order valence-corrected chi connectivity index (χ4v) is 1.83. The van der Waals surface area contributed by atoms with Crippen LogP contribution in [0.15, 0.2) is 44.4 Å². The molecular weight excluding hydrogens is 291 g/mol. The molecule has 0 amide bonds. The number of nitrogens with zero attached hydrogens (tertiary/aromatic N) is 1. The summed E-state index contributed by atoms with van der Waals surface area (Å²) < 4.78 is 14.5. The van der Waals surface area contributed by atoms with Crippen LogP contribution < -0.4 is 11.1 Å². The maximum Gasteiger partial charge on any atom is 0.265 e. The van der Waals surface area contributed by atoms with E-state index in [0.29, 0.717) is 10.0 Å². The molecule has 0 aliphatic rings. The van der Waals surface area contributed by atoms with E-state index < -0.39 is 0 Å². The molecule has 0 atom stereocenters. The Bertz CT molecular complexity index is 663. The number of rotatable bonds is 2. The Kier molecular flexibility index (Phi) is 3.23. The van der Waals surface area contributed by atoms with E-state index in [4.69, 9.17) is 0 Å². The normalized spacial score (nSPS) is 10.5. The van der Waals surface area contributed by atoms with Crippen molar-refractivity contribution in [1.82, 2.24) is 9.78 Å². The first-order chi connectivity index (χ1) is 8.06. The van der Waals surface area contributed by atoms with E-state index in [1.807, 2.05) is 0 Å². The molecule has 0 aliphatic carbocycles. The van der Waals surface area contributed by atoms with Gasteiger partial charge < -0.3 is 0 Å². The largest absolute Gasteiger partial charge is 0.268 e. The molecule has 0 bridgehead atoms. The van der Waals surface area contributed by atoms with Crippen LogP contribution in [0.4, 0.5) is 4.39 Å². The molecule has 88 valence electrons. The van der Waals surface area contributed by atoms with Crippen molar-refractivity contribution in [3.8, 4) is 0 Å². The van der Waals surface area contributed by atoms with Gasteiger partial charge in [-0.05, 0) is 33.6 Å². The molecule has 2 aromatic rings. The van der Waals surface area contributed by atoms with Crippen molar-refractivity contribution in [1.29, 1.82) is 0 Å². The number of aromatic amines is 1. The lowest BCUT2D eigenvalue weighted by Crippen LogP contribution is -2.28. The maximum atomic E-state index is 13.0. The number of hydrogen-bond acceptors (Lipinski definition) is 2. The Labute approximate surface area is 104 Å². The summed E-state index contributed by atoms with van der Waals surface area (Å²) in [5, 5.41) is 2.40. The lowest BCUT2D eigenvalue weighted by atomic mass is 10.2. The summed E-state index contributed by atoms with van der Waals surface area (Å²) in [6.45, 7) is 0.188. The summed E-state index contributed by atoms with van der Waals surface area (Å²) >= 11 is 3.06. The molecule has 2 rings (SSSR count). The van der Waals surface area contributed by atoms with Gasteiger partial charge >= 0.3 is 0 Å². The Balaban J connectivity index is 2.38. The Morgan fingerprint density at radius 1 is 1.24 bits per heavy atom. The highest BCUT2D eigenvalue weighted by molar-refractivity contribution is 9.10. The van der Waals surface area contributed by atoms with Gasteiger partial charge in [0.05, 0.1) is 11.0 Å². The number of halogens is 2. The van der Waals surface area contributed by atoms with Crippen molar-refractivity contribution in [3.63, 3.8) is 0 Å². The summed E-state index contributed by atoms with van der Waals surface area (Å²) in [6, 6.07) is 6.77. The molecule has 0 spiro atoms. The molecule has 1 aromatic carbocycles. The maximum absolute atomic E-state index is 13.0. The first-order valence-corrected chi connectivity index (χ1v) is 5.59. The Morgan fingerprint density at radius 2 is 2.00 bits per heavy atom. The topological polar surface area (TPSA) is 54.9 Å². The van der Waals surface area contributed by atoms with Crippen molar-refractivity contribution in [2.75, 3.05) is 0 Å².